The Morgan fingerprint density at radius 2 is 1.64 bits per heavy atom. The molecular weight excluding hydrogens is 336 g/mol. The van der Waals surface area contributed by atoms with Gasteiger partial charge in [0.2, 0.25) is 5.91 Å². The maximum Gasteiger partial charge on any atom is 0.224 e. The summed E-state index contributed by atoms with van der Waals surface area (Å²) in [6, 6.07) is 14.6. The minimum absolute atomic E-state index is 0.0559. The zero-order valence-corrected chi connectivity index (χ0v) is 14.8. The monoisotopic (exact) mass is 356 g/mol. The molecule has 1 fully saturated rings. The van der Waals surface area contributed by atoms with Gasteiger partial charge in [-0.3, -0.25) is 9.59 Å². The molecule has 0 saturated carbocycles. The van der Waals surface area contributed by atoms with Crippen molar-refractivity contribution in [3.63, 3.8) is 0 Å². The van der Waals surface area contributed by atoms with Crippen molar-refractivity contribution in [3.05, 3.63) is 59.1 Å². The molecule has 0 unspecified atom stereocenters. The van der Waals surface area contributed by atoms with E-state index >= 15 is 0 Å². The summed E-state index contributed by atoms with van der Waals surface area (Å²) in [5.74, 6) is -0.200. The SMILES string of the molecule is O=C(CCC(=O)c1ccc(Cl)cc1)Nc1ccccc1N1CCCC1. The van der Waals surface area contributed by atoms with Crippen LogP contribution in [0.2, 0.25) is 5.02 Å². The zero-order chi connectivity index (χ0) is 17.6. The quantitative estimate of drug-likeness (QED) is 0.773. The van der Waals surface area contributed by atoms with Crippen LogP contribution in [-0.2, 0) is 4.79 Å². The van der Waals surface area contributed by atoms with E-state index in [0.29, 0.717) is 10.6 Å². The molecule has 1 amide bonds. The van der Waals surface area contributed by atoms with E-state index in [2.05, 4.69) is 10.2 Å². The van der Waals surface area contributed by atoms with E-state index < -0.39 is 0 Å². The highest BCUT2D eigenvalue weighted by molar-refractivity contribution is 6.30. The van der Waals surface area contributed by atoms with Gasteiger partial charge in [-0.25, -0.2) is 0 Å². The third kappa shape index (κ3) is 4.60. The van der Waals surface area contributed by atoms with Gasteiger partial charge in [0.05, 0.1) is 11.4 Å². The van der Waals surface area contributed by atoms with E-state index in [1.54, 1.807) is 24.3 Å². The van der Waals surface area contributed by atoms with Crippen LogP contribution in [0.15, 0.2) is 48.5 Å². The second kappa shape index (κ2) is 8.17. The third-order valence-electron chi connectivity index (χ3n) is 4.37. The molecule has 25 heavy (non-hydrogen) atoms. The average molecular weight is 357 g/mol. The van der Waals surface area contributed by atoms with E-state index in [1.807, 2.05) is 24.3 Å². The molecule has 1 aliphatic heterocycles. The maximum absolute atomic E-state index is 12.3. The lowest BCUT2D eigenvalue weighted by Crippen LogP contribution is -2.21. The minimum Gasteiger partial charge on any atom is -0.370 e. The number of Topliss-reactive ketones (excluding diaryl/α,β-unsaturated/α-hetero) is 1. The largest absolute Gasteiger partial charge is 0.370 e. The molecule has 2 aromatic rings. The summed E-state index contributed by atoms with van der Waals surface area (Å²) >= 11 is 5.82. The molecule has 2 aromatic carbocycles. The molecule has 1 heterocycles. The summed E-state index contributed by atoms with van der Waals surface area (Å²) in [6.07, 6.45) is 2.70. The van der Waals surface area contributed by atoms with E-state index in [9.17, 15) is 9.59 Å². The predicted molar refractivity (Wildman–Crippen MR) is 102 cm³/mol. The number of benzene rings is 2. The van der Waals surface area contributed by atoms with Crippen molar-refractivity contribution < 1.29 is 9.59 Å². The average Bonchev–Trinajstić information content (AvgIpc) is 3.15. The fourth-order valence-electron chi connectivity index (χ4n) is 3.03. The Hall–Kier alpha value is -2.33. The van der Waals surface area contributed by atoms with E-state index in [-0.39, 0.29) is 24.5 Å². The molecule has 4 nitrogen and oxygen atoms in total. The van der Waals surface area contributed by atoms with Crippen LogP contribution in [0, 0.1) is 0 Å². The van der Waals surface area contributed by atoms with Crippen LogP contribution in [0.1, 0.15) is 36.0 Å². The Balaban J connectivity index is 1.58. The topological polar surface area (TPSA) is 49.4 Å². The second-order valence-electron chi connectivity index (χ2n) is 6.19. The Morgan fingerprint density at radius 1 is 0.960 bits per heavy atom. The Kier molecular flexibility index (Phi) is 5.71. The lowest BCUT2D eigenvalue weighted by atomic mass is 10.1. The van der Waals surface area contributed by atoms with Crippen LogP contribution in [0.3, 0.4) is 0 Å². The number of hydrogen-bond donors (Lipinski definition) is 1. The normalized spacial score (nSPS) is 13.7. The van der Waals surface area contributed by atoms with Gasteiger partial charge in [-0.15, -0.1) is 0 Å². The molecule has 0 aliphatic carbocycles. The molecule has 0 radical (unpaired) electrons. The zero-order valence-electron chi connectivity index (χ0n) is 14.0. The highest BCUT2D eigenvalue weighted by Gasteiger charge is 2.17. The third-order valence-corrected chi connectivity index (χ3v) is 4.62. The van der Waals surface area contributed by atoms with Crippen LogP contribution >= 0.6 is 11.6 Å². The van der Waals surface area contributed by atoms with Crippen LogP contribution in [0.4, 0.5) is 11.4 Å². The van der Waals surface area contributed by atoms with Gasteiger partial charge < -0.3 is 10.2 Å². The van der Waals surface area contributed by atoms with Crippen molar-refractivity contribution >= 4 is 34.7 Å². The van der Waals surface area contributed by atoms with Crippen molar-refractivity contribution in [2.45, 2.75) is 25.7 Å². The number of rotatable bonds is 6. The number of nitrogens with zero attached hydrogens (tertiary/aromatic N) is 1. The van der Waals surface area contributed by atoms with Crippen molar-refractivity contribution in [3.8, 4) is 0 Å². The number of hydrogen-bond acceptors (Lipinski definition) is 3. The van der Waals surface area contributed by atoms with E-state index in [0.717, 1.165) is 24.5 Å². The number of carbonyl (C=O) groups excluding carboxylic acids is 2. The first-order valence-corrected chi connectivity index (χ1v) is 8.94. The molecular formula is C20H21ClN2O2. The predicted octanol–water partition coefficient (Wildman–Crippen LogP) is 4.54. The fraction of sp³-hybridized carbons (Fsp3) is 0.300. The van der Waals surface area contributed by atoms with Crippen molar-refractivity contribution in [2.24, 2.45) is 0 Å². The molecule has 3 rings (SSSR count). The summed E-state index contributed by atoms with van der Waals surface area (Å²) < 4.78 is 0. The number of nitrogens with one attached hydrogen (secondary N) is 1. The van der Waals surface area contributed by atoms with Gasteiger partial charge in [0.1, 0.15) is 0 Å². The number of anilines is 2. The molecule has 0 atom stereocenters. The smallest absolute Gasteiger partial charge is 0.224 e. The first-order chi connectivity index (χ1) is 12.1. The first kappa shape index (κ1) is 17.5. The van der Waals surface area contributed by atoms with Gasteiger partial charge in [-0.2, -0.15) is 0 Å². The summed E-state index contributed by atoms with van der Waals surface area (Å²) in [5.41, 5.74) is 2.44. The Morgan fingerprint density at radius 3 is 2.36 bits per heavy atom. The number of carbonyl (C=O) groups is 2. The summed E-state index contributed by atoms with van der Waals surface area (Å²) in [7, 11) is 0. The number of halogens is 1. The van der Waals surface area contributed by atoms with Crippen molar-refractivity contribution in [2.75, 3.05) is 23.3 Å². The summed E-state index contributed by atoms with van der Waals surface area (Å²) in [5, 5.41) is 3.54. The second-order valence-corrected chi connectivity index (χ2v) is 6.63. The van der Waals surface area contributed by atoms with E-state index in [1.165, 1.54) is 12.8 Å². The molecule has 130 valence electrons. The lowest BCUT2D eigenvalue weighted by molar-refractivity contribution is -0.116. The summed E-state index contributed by atoms with van der Waals surface area (Å²) in [6.45, 7) is 2.03. The molecule has 0 spiro atoms. The number of ketones is 1. The van der Waals surface area contributed by atoms with Crippen LogP contribution in [0.25, 0.3) is 0 Å². The van der Waals surface area contributed by atoms with E-state index in [4.69, 9.17) is 11.6 Å². The van der Waals surface area contributed by atoms with Gasteiger partial charge in [0, 0.05) is 36.5 Å². The van der Waals surface area contributed by atoms with Gasteiger partial charge in [-0.1, -0.05) is 23.7 Å². The fourth-order valence-corrected chi connectivity index (χ4v) is 3.16. The lowest BCUT2D eigenvalue weighted by Gasteiger charge is -2.21. The molecule has 1 aliphatic rings. The Labute approximate surface area is 152 Å². The molecule has 5 heteroatoms. The highest BCUT2D eigenvalue weighted by Crippen LogP contribution is 2.28. The molecule has 1 saturated heterocycles. The van der Waals surface area contributed by atoms with Crippen molar-refractivity contribution in [1.29, 1.82) is 0 Å². The molecule has 0 bridgehead atoms. The van der Waals surface area contributed by atoms with Gasteiger partial charge >= 0.3 is 0 Å². The maximum atomic E-state index is 12.3. The minimum atomic E-state index is -0.144. The Bertz CT molecular complexity index is 753. The molecule has 1 N–H and O–H groups in total. The highest BCUT2D eigenvalue weighted by atomic mass is 35.5. The first-order valence-electron chi connectivity index (χ1n) is 8.56. The molecule has 0 aromatic heterocycles. The number of para-hydroxylation sites is 2. The van der Waals surface area contributed by atoms with Crippen molar-refractivity contribution in [1.82, 2.24) is 0 Å². The van der Waals surface area contributed by atoms with Crippen LogP contribution in [0.5, 0.6) is 0 Å². The standard InChI is InChI=1S/C20H21ClN2O2/c21-16-9-7-15(8-10-16)19(24)11-12-20(25)22-17-5-1-2-6-18(17)23-13-3-4-14-23/h1-2,5-10H,3-4,11-14H2,(H,22,25). The summed E-state index contributed by atoms with van der Waals surface area (Å²) in [4.78, 5) is 26.7. The van der Waals surface area contributed by atoms with Crippen LogP contribution < -0.4 is 10.2 Å². The number of amides is 1. The van der Waals surface area contributed by atoms with Gasteiger partial charge in [0.15, 0.2) is 5.78 Å². The van der Waals surface area contributed by atoms with Gasteiger partial charge in [0.25, 0.3) is 0 Å². The van der Waals surface area contributed by atoms with Gasteiger partial charge in [-0.05, 0) is 49.2 Å². The van der Waals surface area contributed by atoms with Crippen LogP contribution in [-0.4, -0.2) is 24.8 Å².